The number of aryl methyl sites for hydroxylation is 1. The van der Waals surface area contributed by atoms with Crippen LogP contribution >= 0.6 is 0 Å². The van der Waals surface area contributed by atoms with Crippen molar-refractivity contribution in [2.45, 2.75) is 33.6 Å². The molecule has 0 aromatic heterocycles. The van der Waals surface area contributed by atoms with Crippen LogP contribution in [-0.2, 0) is 9.59 Å². The molecule has 0 fully saturated rings. The zero-order valence-corrected chi connectivity index (χ0v) is 11.9. The largest absolute Gasteiger partial charge is 0.355 e. The molecule has 4 heteroatoms. The second kappa shape index (κ2) is 7.56. The van der Waals surface area contributed by atoms with E-state index >= 15 is 0 Å². The lowest BCUT2D eigenvalue weighted by molar-refractivity contribution is -0.123. The van der Waals surface area contributed by atoms with Gasteiger partial charge in [-0.15, -0.1) is 0 Å². The van der Waals surface area contributed by atoms with Gasteiger partial charge in [0.15, 0.2) is 0 Å². The minimum Gasteiger partial charge on any atom is -0.355 e. The van der Waals surface area contributed by atoms with E-state index in [2.05, 4.69) is 12.2 Å². The maximum Gasteiger partial charge on any atom is 0.240 e. The van der Waals surface area contributed by atoms with Crippen molar-refractivity contribution in [2.75, 3.05) is 18.0 Å². The zero-order valence-electron chi connectivity index (χ0n) is 11.9. The number of carbonyl (C=O) groups excluding carboxylic acids is 2. The highest BCUT2D eigenvalue weighted by atomic mass is 16.2. The Kier molecular flexibility index (Phi) is 6.06. The summed E-state index contributed by atoms with van der Waals surface area (Å²) in [4.78, 5) is 24.9. The minimum absolute atomic E-state index is 0.0715. The van der Waals surface area contributed by atoms with Gasteiger partial charge in [-0.1, -0.05) is 31.0 Å². The van der Waals surface area contributed by atoms with Crippen LogP contribution in [0, 0.1) is 6.92 Å². The smallest absolute Gasteiger partial charge is 0.240 e. The maximum absolute atomic E-state index is 11.8. The van der Waals surface area contributed by atoms with E-state index in [1.54, 1.807) is 0 Å². The lowest BCUT2D eigenvalue weighted by Gasteiger charge is -2.20. The van der Waals surface area contributed by atoms with Crippen molar-refractivity contribution in [1.29, 1.82) is 0 Å². The summed E-state index contributed by atoms with van der Waals surface area (Å²) in [6, 6.07) is 7.58. The van der Waals surface area contributed by atoms with Gasteiger partial charge in [-0.25, -0.2) is 0 Å². The fourth-order valence-electron chi connectivity index (χ4n) is 1.71. The first-order valence-corrected chi connectivity index (χ1v) is 6.66. The molecule has 0 radical (unpaired) electrons. The van der Waals surface area contributed by atoms with Crippen LogP contribution in [0.1, 0.15) is 32.3 Å². The number of unbranched alkanes of at least 4 members (excludes halogenated alkanes) is 1. The van der Waals surface area contributed by atoms with Crippen LogP contribution < -0.4 is 10.2 Å². The number of hydrogen-bond acceptors (Lipinski definition) is 2. The Morgan fingerprint density at radius 2 is 1.84 bits per heavy atom. The van der Waals surface area contributed by atoms with Gasteiger partial charge in [0, 0.05) is 19.2 Å². The molecule has 0 heterocycles. The van der Waals surface area contributed by atoms with E-state index in [0.29, 0.717) is 6.54 Å². The summed E-state index contributed by atoms with van der Waals surface area (Å²) in [5.41, 5.74) is 1.88. The Bertz CT molecular complexity index is 426. The van der Waals surface area contributed by atoms with Crippen LogP contribution in [-0.4, -0.2) is 24.9 Å². The Balaban J connectivity index is 2.65. The molecule has 0 saturated heterocycles. The van der Waals surface area contributed by atoms with E-state index in [1.807, 2.05) is 31.2 Å². The van der Waals surface area contributed by atoms with Gasteiger partial charge in [0.05, 0.1) is 0 Å². The predicted molar refractivity (Wildman–Crippen MR) is 77.1 cm³/mol. The molecule has 0 unspecified atom stereocenters. The molecule has 1 N–H and O–H groups in total. The zero-order chi connectivity index (χ0) is 14.3. The summed E-state index contributed by atoms with van der Waals surface area (Å²) in [7, 11) is 0. The highest BCUT2D eigenvalue weighted by Gasteiger charge is 2.15. The molecule has 0 aliphatic rings. The molecule has 4 nitrogen and oxygen atoms in total. The third-order valence-corrected chi connectivity index (χ3v) is 2.88. The van der Waals surface area contributed by atoms with Crippen molar-refractivity contribution in [3.8, 4) is 0 Å². The van der Waals surface area contributed by atoms with Crippen LogP contribution in [0.5, 0.6) is 0 Å². The topological polar surface area (TPSA) is 49.4 Å². The maximum atomic E-state index is 11.8. The van der Waals surface area contributed by atoms with Crippen molar-refractivity contribution in [2.24, 2.45) is 0 Å². The quantitative estimate of drug-likeness (QED) is 0.799. The average Bonchev–Trinajstić information content (AvgIpc) is 2.37. The van der Waals surface area contributed by atoms with Crippen molar-refractivity contribution < 1.29 is 9.59 Å². The Morgan fingerprint density at radius 3 is 2.37 bits per heavy atom. The molecular weight excluding hydrogens is 240 g/mol. The lowest BCUT2D eigenvalue weighted by Crippen LogP contribution is -2.40. The van der Waals surface area contributed by atoms with Crippen molar-refractivity contribution in [3.63, 3.8) is 0 Å². The second-order valence-corrected chi connectivity index (χ2v) is 4.64. The van der Waals surface area contributed by atoms with E-state index < -0.39 is 0 Å². The van der Waals surface area contributed by atoms with Crippen LogP contribution in [0.3, 0.4) is 0 Å². The highest BCUT2D eigenvalue weighted by Crippen LogP contribution is 2.14. The summed E-state index contributed by atoms with van der Waals surface area (Å²) in [6.45, 7) is 6.26. The van der Waals surface area contributed by atoms with Gasteiger partial charge < -0.3 is 10.2 Å². The number of benzene rings is 1. The average molecular weight is 262 g/mol. The highest BCUT2D eigenvalue weighted by molar-refractivity contribution is 5.97. The summed E-state index contributed by atoms with van der Waals surface area (Å²) < 4.78 is 0. The van der Waals surface area contributed by atoms with Crippen molar-refractivity contribution >= 4 is 17.5 Å². The van der Waals surface area contributed by atoms with E-state index in [0.717, 1.165) is 24.1 Å². The number of nitrogens with one attached hydrogen (secondary N) is 1. The van der Waals surface area contributed by atoms with Gasteiger partial charge in [-0.3, -0.25) is 9.59 Å². The fraction of sp³-hybridized carbons (Fsp3) is 0.467. The van der Waals surface area contributed by atoms with E-state index in [1.165, 1.54) is 11.8 Å². The van der Waals surface area contributed by atoms with Gasteiger partial charge in [-0.2, -0.15) is 0 Å². The number of rotatable bonds is 6. The predicted octanol–water partition coefficient (Wildman–Crippen LogP) is 2.26. The van der Waals surface area contributed by atoms with Gasteiger partial charge in [-0.05, 0) is 25.5 Å². The first-order chi connectivity index (χ1) is 9.04. The fourth-order valence-corrected chi connectivity index (χ4v) is 1.71. The first kappa shape index (κ1) is 15.2. The van der Waals surface area contributed by atoms with Gasteiger partial charge >= 0.3 is 0 Å². The van der Waals surface area contributed by atoms with Gasteiger partial charge in [0.1, 0.15) is 6.54 Å². The Hall–Kier alpha value is -1.84. The van der Waals surface area contributed by atoms with Crippen LogP contribution in [0.2, 0.25) is 0 Å². The SMILES string of the molecule is CCCCNC(=O)CN(C(C)=O)c1ccc(C)cc1. The molecule has 0 spiro atoms. The van der Waals surface area contributed by atoms with Crippen molar-refractivity contribution in [1.82, 2.24) is 5.32 Å². The summed E-state index contributed by atoms with van der Waals surface area (Å²) >= 11 is 0. The summed E-state index contributed by atoms with van der Waals surface area (Å²) in [5.74, 6) is -0.251. The van der Waals surface area contributed by atoms with E-state index in [-0.39, 0.29) is 18.4 Å². The molecule has 0 aliphatic carbocycles. The third kappa shape index (κ3) is 5.12. The summed E-state index contributed by atoms with van der Waals surface area (Å²) in [5, 5.41) is 2.82. The molecule has 104 valence electrons. The van der Waals surface area contributed by atoms with Gasteiger partial charge in [0.25, 0.3) is 0 Å². The number of hydrogen-bond donors (Lipinski definition) is 1. The number of amides is 2. The standard InChI is InChI=1S/C15H22N2O2/c1-4-5-10-16-15(19)11-17(13(3)18)14-8-6-12(2)7-9-14/h6-9H,4-5,10-11H2,1-3H3,(H,16,19). The van der Waals surface area contributed by atoms with Crippen LogP contribution in [0.25, 0.3) is 0 Å². The molecule has 1 rings (SSSR count). The minimum atomic E-state index is -0.130. The molecular formula is C15H22N2O2. The molecule has 1 aromatic rings. The van der Waals surface area contributed by atoms with Crippen LogP contribution in [0.4, 0.5) is 5.69 Å². The van der Waals surface area contributed by atoms with E-state index in [9.17, 15) is 9.59 Å². The number of anilines is 1. The number of nitrogens with zero attached hydrogens (tertiary/aromatic N) is 1. The summed E-state index contributed by atoms with van der Waals surface area (Å²) in [6.07, 6.45) is 1.99. The molecule has 0 saturated carbocycles. The van der Waals surface area contributed by atoms with E-state index in [4.69, 9.17) is 0 Å². The normalized spacial score (nSPS) is 10.1. The molecule has 0 bridgehead atoms. The number of carbonyl (C=O) groups is 2. The molecule has 2 amide bonds. The molecule has 1 aromatic carbocycles. The van der Waals surface area contributed by atoms with Crippen LogP contribution in [0.15, 0.2) is 24.3 Å². The van der Waals surface area contributed by atoms with Gasteiger partial charge in [0.2, 0.25) is 11.8 Å². The Labute approximate surface area is 114 Å². The van der Waals surface area contributed by atoms with Crippen molar-refractivity contribution in [3.05, 3.63) is 29.8 Å². The monoisotopic (exact) mass is 262 g/mol. The Morgan fingerprint density at radius 1 is 1.21 bits per heavy atom. The second-order valence-electron chi connectivity index (χ2n) is 4.64. The first-order valence-electron chi connectivity index (χ1n) is 6.66. The molecule has 19 heavy (non-hydrogen) atoms. The molecule has 0 aliphatic heterocycles. The molecule has 0 atom stereocenters. The third-order valence-electron chi connectivity index (χ3n) is 2.88. The lowest BCUT2D eigenvalue weighted by atomic mass is 10.2.